The van der Waals surface area contributed by atoms with Crippen LogP contribution in [-0.2, 0) is 11.3 Å². The van der Waals surface area contributed by atoms with Crippen molar-refractivity contribution < 1.29 is 14.3 Å². The molecule has 1 unspecified atom stereocenters. The van der Waals surface area contributed by atoms with Crippen molar-refractivity contribution >= 4 is 0 Å². The third kappa shape index (κ3) is 2.50. The fraction of sp³-hybridized carbons (Fsp3) is 0.750. The smallest absolute Gasteiger partial charge is 0.246 e. The lowest BCUT2D eigenvalue weighted by Gasteiger charge is -2.12. The van der Waals surface area contributed by atoms with E-state index >= 15 is 0 Å². The van der Waals surface area contributed by atoms with Gasteiger partial charge in [0.15, 0.2) is 0 Å². The highest BCUT2D eigenvalue weighted by atomic mass is 16.5. The van der Waals surface area contributed by atoms with Crippen LogP contribution in [0.5, 0.6) is 0 Å². The molecule has 1 heterocycles. The van der Waals surface area contributed by atoms with E-state index in [1.165, 1.54) is 7.11 Å². The maximum Gasteiger partial charge on any atom is 0.246 e. The van der Waals surface area contributed by atoms with E-state index in [0.29, 0.717) is 12.3 Å². The minimum Gasteiger partial charge on any atom is -0.420 e. The molecule has 0 saturated heterocycles. The number of rotatable bonds is 5. The van der Waals surface area contributed by atoms with Crippen molar-refractivity contribution in [3.05, 3.63) is 11.8 Å². The van der Waals surface area contributed by atoms with Gasteiger partial charge < -0.3 is 20.0 Å². The van der Waals surface area contributed by atoms with E-state index < -0.39 is 6.10 Å². The summed E-state index contributed by atoms with van der Waals surface area (Å²) in [6.45, 7) is 2.11. The van der Waals surface area contributed by atoms with E-state index in [2.05, 4.69) is 10.2 Å². The van der Waals surface area contributed by atoms with E-state index in [4.69, 9.17) is 14.9 Å². The minimum atomic E-state index is -0.905. The van der Waals surface area contributed by atoms with Crippen LogP contribution in [0.1, 0.15) is 31.2 Å². The lowest BCUT2D eigenvalue weighted by molar-refractivity contribution is 0.104. The minimum absolute atomic E-state index is 0.145. The van der Waals surface area contributed by atoms with Crippen LogP contribution in [0.25, 0.3) is 0 Å². The molecule has 0 fully saturated rings. The third-order valence-electron chi connectivity index (χ3n) is 1.88. The monoisotopic (exact) mass is 201 g/mol. The summed E-state index contributed by atoms with van der Waals surface area (Å²) < 4.78 is 9.93. The predicted molar refractivity (Wildman–Crippen MR) is 48.2 cm³/mol. The molecular formula is C8H15N3O3. The summed E-state index contributed by atoms with van der Waals surface area (Å²) in [5.74, 6) is 0.483. The highest BCUT2D eigenvalue weighted by molar-refractivity contribution is 4.90. The Balaban J connectivity index is 2.65. The first kappa shape index (κ1) is 11.1. The van der Waals surface area contributed by atoms with Crippen molar-refractivity contribution in [1.29, 1.82) is 0 Å². The zero-order chi connectivity index (χ0) is 10.6. The number of aliphatic hydroxyl groups excluding tert-OH is 1. The molecule has 0 bridgehead atoms. The van der Waals surface area contributed by atoms with E-state index in [-0.39, 0.29) is 18.5 Å². The Bertz CT molecular complexity index is 277. The summed E-state index contributed by atoms with van der Waals surface area (Å²) in [6.07, 6.45) is -0.263. The Morgan fingerprint density at radius 1 is 1.57 bits per heavy atom. The summed E-state index contributed by atoms with van der Waals surface area (Å²) in [4.78, 5) is 0. The van der Waals surface area contributed by atoms with Gasteiger partial charge in [-0.3, -0.25) is 0 Å². The highest BCUT2D eigenvalue weighted by Crippen LogP contribution is 2.15. The number of ether oxygens (including phenoxy) is 1. The standard InChI is InChI=1S/C8H15N3O3/c1-3-5(9)7(12)8-11-10-6(14-8)4-13-2/h5,7,12H,3-4,9H2,1-2H3/t5-,7?/m0/s1. The van der Waals surface area contributed by atoms with Crippen molar-refractivity contribution in [3.63, 3.8) is 0 Å². The molecule has 2 atom stereocenters. The molecule has 1 aromatic heterocycles. The van der Waals surface area contributed by atoms with Crippen LogP contribution in [-0.4, -0.2) is 28.5 Å². The van der Waals surface area contributed by atoms with Gasteiger partial charge in [-0.1, -0.05) is 6.92 Å². The number of methoxy groups -OCH3 is 1. The second kappa shape index (κ2) is 5.04. The summed E-state index contributed by atoms with van der Waals surface area (Å²) in [7, 11) is 1.53. The van der Waals surface area contributed by atoms with Gasteiger partial charge in [-0.15, -0.1) is 10.2 Å². The normalized spacial score (nSPS) is 15.4. The van der Waals surface area contributed by atoms with Crippen LogP contribution in [0, 0.1) is 0 Å². The topological polar surface area (TPSA) is 94.4 Å². The summed E-state index contributed by atoms with van der Waals surface area (Å²) in [6, 6.07) is -0.383. The van der Waals surface area contributed by atoms with Crippen LogP contribution in [0.15, 0.2) is 4.42 Å². The quantitative estimate of drug-likeness (QED) is 0.695. The molecular weight excluding hydrogens is 186 g/mol. The Morgan fingerprint density at radius 2 is 2.29 bits per heavy atom. The molecule has 0 amide bonds. The zero-order valence-electron chi connectivity index (χ0n) is 8.30. The Kier molecular flexibility index (Phi) is 3.99. The van der Waals surface area contributed by atoms with E-state index in [0.717, 1.165) is 0 Å². The first-order valence-electron chi connectivity index (χ1n) is 4.43. The Morgan fingerprint density at radius 3 is 2.86 bits per heavy atom. The van der Waals surface area contributed by atoms with Crippen molar-refractivity contribution in [2.75, 3.05) is 7.11 Å². The number of aromatic nitrogens is 2. The number of hydrogen-bond acceptors (Lipinski definition) is 6. The van der Waals surface area contributed by atoms with E-state index in [1.54, 1.807) is 0 Å². The average Bonchev–Trinajstić information content (AvgIpc) is 2.64. The van der Waals surface area contributed by atoms with Gasteiger partial charge in [0.05, 0.1) is 0 Å². The maximum atomic E-state index is 9.61. The fourth-order valence-electron chi connectivity index (χ4n) is 0.974. The molecule has 6 heteroatoms. The summed E-state index contributed by atoms with van der Waals surface area (Å²) in [5, 5.41) is 17.0. The lowest BCUT2D eigenvalue weighted by atomic mass is 10.1. The molecule has 0 aliphatic heterocycles. The van der Waals surface area contributed by atoms with Gasteiger partial charge in [0.1, 0.15) is 12.7 Å². The summed E-state index contributed by atoms with van der Waals surface area (Å²) >= 11 is 0. The van der Waals surface area contributed by atoms with Gasteiger partial charge in [0.25, 0.3) is 0 Å². The molecule has 0 aliphatic rings. The van der Waals surface area contributed by atoms with Gasteiger partial charge >= 0.3 is 0 Å². The predicted octanol–water partition coefficient (Wildman–Crippen LogP) is -0.0133. The second-order valence-corrected chi connectivity index (χ2v) is 2.98. The van der Waals surface area contributed by atoms with Crippen LogP contribution in [0.3, 0.4) is 0 Å². The summed E-state index contributed by atoms with van der Waals surface area (Å²) in [5.41, 5.74) is 5.62. The first-order chi connectivity index (χ1) is 6.69. The molecule has 0 radical (unpaired) electrons. The number of nitrogens with zero attached hydrogens (tertiary/aromatic N) is 2. The molecule has 3 N–H and O–H groups in total. The van der Waals surface area contributed by atoms with Crippen LogP contribution >= 0.6 is 0 Å². The second-order valence-electron chi connectivity index (χ2n) is 2.98. The van der Waals surface area contributed by atoms with E-state index in [9.17, 15) is 5.11 Å². The molecule has 6 nitrogen and oxygen atoms in total. The molecule has 0 aromatic carbocycles. The van der Waals surface area contributed by atoms with Crippen molar-refractivity contribution in [2.45, 2.75) is 32.1 Å². The molecule has 0 aliphatic carbocycles. The molecule has 0 spiro atoms. The molecule has 1 aromatic rings. The Labute approximate surface area is 82.1 Å². The van der Waals surface area contributed by atoms with Gasteiger partial charge in [-0.2, -0.15) is 0 Å². The largest absolute Gasteiger partial charge is 0.420 e. The molecule has 14 heavy (non-hydrogen) atoms. The van der Waals surface area contributed by atoms with Crippen LogP contribution in [0.2, 0.25) is 0 Å². The number of nitrogens with two attached hydrogens (primary N) is 1. The molecule has 80 valence electrons. The van der Waals surface area contributed by atoms with Crippen LogP contribution in [0.4, 0.5) is 0 Å². The fourth-order valence-corrected chi connectivity index (χ4v) is 0.974. The number of aliphatic hydroxyl groups is 1. The van der Waals surface area contributed by atoms with Gasteiger partial charge in [-0.05, 0) is 6.42 Å². The average molecular weight is 201 g/mol. The molecule has 1 rings (SSSR count). The van der Waals surface area contributed by atoms with Crippen molar-refractivity contribution in [3.8, 4) is 0 Å². The van der Waals surface area contributed by atoms with Crippen molar-refractivity contribution in [1.82, 2.24) is 10.2 Å². The van der Waals surface area contributed by atoms with E-state index in [1.807, 2.05) is 6.92 Å². The van der Waals surface area contributed by atoms with Gasteiger partial charge in [-0.25, -0.2) is 0 Å². The van der Waals surface area contributed by atoms with Gasteiger partial charge in [0.2, 0.25) is 11.8 Å². The Hall–Kier alpha value is -0.980. The van der Waals surface area contributed by atoms with Gasteiger partial charge in [0, 0.05) is 13.2 Å². The molecule has 0 saturated carbocycles. The zero-order valence-corrected chi connectivity index (χ0v) is 8.30. The maximum absolute atomic E-state index is 9.61. The SMILES string of the molecule is CC[C@H](N)C(O)c1nnc(COC)o1. The van der Waals surface area contributed by atoms with Crippen molar-refractivity contribution in [2.24, 2.45) is 5.73 Å². The van der Waals surface area contributed by atoms with Crippen LogP contribution < -0.4 is 5.73 Å². The lowest BCUT2D eigenvalue weighted by Crippen LogP contribution is -2.27. The highest BCUT2D eigenvalue weighted by Gasteiger charge is 2.21. The number of hydrogen-bond donors (Lipinski definition) is 2. The first-order valence-corrected chi connectivity index (χ1v) is 4.43. The third-order valence-corrected chi connectivity index (χ3v) is 1.88.